The summed E-state index contributed by atoms with van der Waals surface area (Å²) in [7, 11) is -3.14. The Balaban J connectivity index is 1.77. The quantitative estimate of drug-likeness (QED) is 0.636. The smallest absolute Gasteiger partial charge is 0.267 e. The Kier molecular flexibility index (Phi) is 5.08. The molecule has 3 heterocycles. The minimum Gasteiger partial charge on any atom is -0.480 e. The Bertz CT molecular complexity index is 1300. The molecule has 0 amide bonds. The number of pyridine rings is 1. The lowest BCUT2D eigenvalue weighted by Gasteiger charge is -2.13. The molecule has 0 aliphatic carbocycles. The molecule has 0 radical (unpaired) electrons. The summed E-state index contributed by atoms with van der Waals surface area (Å²) >= 11 is 5.83. The van der Waals surface area contributed by atoms with Gasteiger partial charge < -0.3 is 4.74 Å². The average Bonchev–Trinajstić information content (AvgIpc) is 3.18. The largest absolute Gasteiger partial charge is 0.480 e. The number of ether oxygens (including phenoxy) is 1. The fourth-order valence-corrected chi connectivity index (χ4v) is 4.24. The molecule has 0 saturated heterocycles. The SMILES string of the molecule is COc1ncc(Cl)cc1S(=O)(=O)Nc1ccc(F)c(-c2ncc3c(n2)CC=N3)c1F. The van der Waals surface area contributed by atoms with Gasteiger partial charge in [0.25, 0.3) is 10.0 Å². The number of aliphatic imine (C=N–C) groups is 1. The first-order valence-electron chi connectivity index (χ1n) is 8.39. The lowest BCUT2D eigenvalue weighted by atomic mass is 10.1. The minimum absolute atomic E-state index is 0.0326. The first kappa shape index (κ1) is 20.1. The van der Waals surface area contributed by atoms with Crippen LogP contribution in [0.4, 0.5) is 20.2 Å². The van der Waals surface area contributed by atoms with Gasteiger partial charge in [-0.05, 0) is 18.2 Å². The van der Waals surface area contributed by atoms with Gasteiger partial charge in [0.05, 0.1) is 35.3 Å². The van der Waals surface area contributed by atoms with Gasteiger partial charge in [-0.3, -0.25) is 9.71 Å². The van der Waals surface area contributed by atoms with Crippen molar-refractivity contribution in [2.24, 2.45) is 4.99 Å². The van der Waals surface area contributed by atoms with Gasteiger partial charge >= 0.3 is 0 Å². The van der Waals surface area contributed by atoms with Crippen LogP contribution in [0.2, 0.25) is 5.02 Å². The summed E-state index contributed by atoms with van der Waals surface area (Å²) < 4.78 is 62.1. The summed E-state index contributed by atoms with van der Waals surface area (Å²) in [6.45, 7) is 0. The second kappa shape index (κ2) is 7.58. The molecule has 0 atom stereocenters. The monoisotopic (exact) mass is 451 g/mol. The molecular formula is C18H12ClF2N5O3S. The number of benzene rings is 1. The Morgan fingerprint density at radius 1 is 1.20 bits per heavy atom. The Hall–Kier alpha value is -3.18. The van der Waals surface area contributed by atoms with E-state index in [2.05, 4.69) is 24.7 Å². The van der Waals surface area contributed by atoms with Crippen molar-refractivity contribution >= 4 is 39.2 Å². The molecule has 1 aliphatic heterocycles. The van der Waals surface area contributed by atoms with E-state index in [1.165, 1.54) is 19.5 Å². The number of hydrogen-bond donors (Lipinski definition) is 1. The zero-order valence-electron chi connectivity index (χ0n) is 15.2. The number of aromatic nitrogens is 3. The molecule has 0 unspecified atom stereocenters. The fraction of sp³-hybridized carbons (Fsp3) is 0.111. The van der Waals surface area contributed by atoms with Crippen molar-refractivity contribution in [2.75, 3.05) is 11.8 Å². The predicted molar refractivity (Wildman–Crippen MR) is 106 cm³/mol. The number of sulfonamides is 1. The summed E-state index contributed by atoms with van der Waals surface area (Å²) in [4.78, 5) is 15.5. The van der Waals surface area contributed by atoms with E-state index in [-0.39, 0.29) is 16.7 Å². The normalized spacial score (nSPS) is 12.7. The maximum absolute atomic E-state index is 15.1. The van der Waals surface area contributed by atoms with Crippen molar-refractivity contribution in [3.8, 4) is 17.3 Å². The van der Waals surface area contributed by atoms with Crippen LogP contribution in [0, 0.1) is 11.6 Å². The van der Waals surface area contributed by atoms with E-state index in [1.807, 2.05) is 0 Å². The van der Waals surface area contributed by atoms with E-state index in [0.29, 0.717) is 17.8 Å². The summed E-state index contributed by atoms with van der Waals surface area (Å²) in [5, 5.41) is 0.0326. The standard InChI is InChI=1S/C18H12ClF2N5O3S/c1-29-18-14(6-9(19)7-24-18)30(27,28)26-12-3-2-10(20)15(16(12)21)17-23-8-13-11(25-17)4-5-22-13/h2-3,5-8,26H,4H2,1H3. The number of nitrogens with one attached hydrogen (secondary N) is 1. The van der Waals surface area contributed by atoms with Crippen LogP contribution in [0.5, 0.6) is 5.88 Å². The highest BCUT2D eigenvalue weighted by atomic mass is 35.5. The van der Waals surface area contributed by atoms with Gasteiger partial charge in [-0.1, -0.05) is 11.6 Å². The van der Waals surface area contributed by atoms with Gasteiger partial charge in [-0.25, -0.2) is 32.2 Å². The van der Waals surface area contributed by atoms with Crippen LogP contribution in [0.15, 0.2) is 40.5 Å². The molecule has 2 aromatic heterocycles. The summed E-state index contributed by atoms with van der Waals surface area (Å²) in [6, 6.07) is 2.96. The summed E-state index contributed by atoms with van der Waals surface area (Å²) in [5.74, 6) is -2.59. The Labute approximate surface area is 174 Å². The second-order valence-electron chi connectivity index (χ2n) is 6.09. The van der Waals surface area contributed by atoms with Crippen molar-refractivity contribution in [1.82, 2.24) is 15.0 Å². The first-order valence-corrected chi connectivity index (χ1v) is 10.3. The van der Waals surface area contributed by atoms with Gasteiger partial charge in [0.15, 0.2) is 16.5 Å². The van der Waals surface area contributed by atoms with Gasteiger partial charge in [-0.15, -0.1) is 0 Å². The molecule has 4 rings (SSSR count). The number of methoxy groups -OCH3 is 1. The highest BCUT2D eigenvalue weighted by Crippen LogP contribution is 2.33. The van der Waals surface area contributed by atoms with E-state index in [0.717, 1.165) is 18.2 Å². The lowest BCUT2D eigenvalue weighted by Crippen LogP contribution is -2.16. The van der Waals surface area contributed by atoms with E-state index < -0.39 is 37.8 Å². The maximum atomic E-state index is 15.1. The van der Waals surface area contributed by atoms with Crippen LogP contribution < -0.4 is 9.46 Å². The molecule has 12 heteroatoms. The number of hydrogen-bond acceptors (Lipinski definition) is 7. The van der Waals surface area contributed by atoms with Crippen molar-refractivity contribution < 1.29 is 21.9 Å². The molecule has 154 valence electrons. The average molecular weight is 452 g/mol. The van der Waals surface area contributed by atoms with E-state index in [1.54, 1.807) is 6.21 Å². The molecule has 0 spiro atoms. The van der Waals surface area contributed by atoms with Gasteiger partial charge in [0, 0.05) is 18.8 Å². The first-order chi connectivity index (χ1) is 14.3. The zero-order valence-corrected chi connectivity index (χ0v) is 16.8. The topological polar surface area (TPSA) is 106 Å². The third kappa shape index (κ3) is 3.57. The highest BCUT2D eigenvalue weighted by molar-refractivity contribution is 7.92. The minimum atomic E-state index is -4.37. The van der Waals surface area contributed by atoms with Crippen molar-refractivity contribution in [2.45, 2.75) is 11.3 Å². The van der Waals surface area contributed by atoms with Crippen molar-refractivity contribution in [3.05, 3.63) is 52.9 Å². The number of fused-ring (bicyclic) bond motifs is 1. The van der Waals surface area contributed by atoms with Crippen LogP contribution in [-0.4, -0.2) is 36.7 Å². The molecule has 0 bridgehead atoms. The fourth-order valence-electron chi connectivity index (χ4n) is 2.81. The summed E-state index contributed by atoms with van der Waals surface area (Å²) in [6.07, 6.45) is 4.55. The molecule has 1 N–H and O–H groups in total. The van der Waals surface area contributed by atoms with E-state index in [4.69, 9.17) is 16.3 Å². The third-order valence-electron chi connectivity index (χ3n) is 4.19. The summed E-state index contributed by atoms with van der Waals surface area (Å²) in [5.41, 5.74) is -0.0497. The van der Waals surface area contributed by atoms with Gasteiger partial charge in [0.1, 0.15) is 11.5 Å². The Morgan fingerprint density at radius 3 is 2.77 bits per heavy atom. The van der Waals surface area contributed by atoms with Gasteiger partial charge in [0.2, 0.25) is 5.88 Å². The molecule has 3 aromatic rings. The number of rotatable bonds is 5. The van der Waals surface area contributed by atoms with Gasteiger partial charge in [-0.2, -0.15) is 0 Å². The molecule has 8 nitrogen and oxygen atoms in total. The van der Waals surface area contributed by atoms with Crippen LogP contribution in [0.1, 0.15) is 5.69 Å². The molecule has 0 fully saturated rings. The third-order valence-corrected chi connectivity index (χ3v) is 5.75. The van der Waals surface area contributed by atoms with Crippen LogP contribution in [0.3, 0.4) is 0 Å². The molecule has 1 aliphatic rings. The van der Waals surface area contributed by atoms with E-state index in [9.17, 15) is 12.8 Å². The Morgan fingerprint density at radius 2 is 2.00 bits per heavy atom. The van der Waals surface area contributed by atoms with Crippen molar-refractivity contribution in [1.29, 1.82) is 0 Å². The molecule has 30 heavy (non-hydrogen) atoms. The zero-order chi connectivity index (χ0) is 21.5. The molecule has 1 aromatic carbocycles. The molecule has 0 saturated carbocycles. The molecular weight excluding hydrogens is 440 g/mol. The highest BCUT2D eigenvalue weighted by Gasteiger charge is 2.26. The van der Waals surface area contributed by atoms with Crippen molar-refractivity contribution in [3.63, 3.8) is 0 Å². The van der Waals surface area contributed by atoms with Crippen LogP contribution in [0.25, 0.3) is 11.4 Å². The van der Waals surface area contributed by atoms with E-state index >= 15 is 4.39 Å². The van der Waals surface area contributed by atoms with Crippen LogP contribution >= 0.6 is 11.6 Å². The maximum Gasteiger partial charge on any atom is 0.267 e. The number of anilines is 1. The number of halogens is 3. The second-order valence-corrected chi connectivity index (χ2v) is 8.18. The lowest BCUT2D eigenvalue weighted by molar-refractivity contribution is 0.385. The van der Waals surface area contributed by atoms with Crippen LogP contribution in [-0.2, 0) is 16.4 Å². The number of nitrogens with zero attached hydrogens (tertiary/aromatic N) is 4. The predicted octanol–water partition coefficient (Wildman–Crippen LogP) is 3.54.